The highest BCUT2D eigenvalue weighted by atomic mass is 127. The Balaban J connectivity index is 1.70. The number of nitrogens with zero attached hydrogens (tertiary/aromatic N) is 1. The number of aliphatic hydroxyl groups excluding tert-OH is 1. The van der Waals surface area contributed by atoms with Crippen LogP contribution in [0.2, 0.25) is 0 Å². The maximum atomic E-state index is 13.7. The van der Waals surface area contributed by atoms with Crippen molar-refractivity contribution in [3.63, 3.8) is 0 Å². The Morgan fingerprint density at radius 3 is 2.27 bits per heavy atom. The van der Waals surface area contributed by atoms with Crippen molar-refractivity contribution >= 4 is 34.0 Å². The number of hydrogen-bond acceptors (Lipinski definition) is 4. The SMILES string of the molecule is CC(C)(CCc1ccccc1)[S+]([O-])N(Cc1ccccc1)C[C@@H]1CCC(I)C(O)O1. The predicted molar refractivity (Wildman–Crippen MR) is 132 cm³/mol. The summed E-state index contributed by atoms with van der Waals surface area (Å²) in [6.07, 6.45) is 2.66. The molecule has 2 aromatic carbocycles. The van der Waals surface area contributed by atoms with E-state index in [0.29, 0.717) is 13.1 Å². The minimum Gasteiger partial charge on any atom is -0.597 e. The quantitative estimate of drug-likeness (QED) is 0.280. The van der Waals surface area contributed by atoms with Gasteiger partial charge >= 0.3 is 0 Å². The Labute approximate surface area is 197 Å². The van der Waals surface area contributed by atoms with Crippen LogP contribution in [-0.4, -0.2) is 41.6 Å². The van der Waals surface area contributed by atoms with E-state index in [0.717, 1.165) is 31.2 Å². The molecule has 1 aliphatic rings. The van der Waals surface area contributed by atoms with Crippen molar-refractivity contribution in [2.45, 2.75) is 67.1 Å². The lowest BCUT2D eigenvalue weighted by Gasteiger charge is -2.38. The van der Waals surface area contributed by atoms with Crippen molar-refractivity contribution in [3.8, 4) is 0 Å². The van der Waals surface area contributed by atoms with Crippen molar-refractivity contribution < 1.29 is 14.4 Å². The second-order valence-corrected chi connectivity index (χ2v) is 12.3. The zero-order valence-corrected chi connectivity index (χ0v) is 20.7. The zero-order chi connectivity index (χ0) is 21.6. The summed E-state index contributed by atoms with van der Waals surface area (Å²) in [5.41, 5.74) is 2.40. The minimum absolute atomic E-state index is 0.108. The van der Waals surface area contributed by atoms with E-state index in [2.05, 4.69) is 60.7 Å². The summed E-state index contributed by atoms with van der Waals surface area (Å²) in [4.78, 5) is 0. The fourth-order valence-electron chi connectivity index (χ4n) is 3.70. The van der Waals surface area contributed by atoms with Gasteiger partial charge in [-0.1, -0.05) is 83.3 Å². The number of rotatable bonds is 9. The summed E-state index contributed by atoms with van der Waals surface area (Å²) in [6, 6.07) is 20.5. The number of ether oxygens (including phenoxy) is 1. The van der Waals surface area contributed by atoms with Gasteiger partial charge in [0.25, 0.3) is 0 Å². The van der Waals surface area contributed by atoms with Crippen LogP contribution in [0.5, 0.6) is 0 Å². The Morgan fingerprint density at radius 1 is 1.07 bits per heavy atom. The molecule has 0 saturated carbocycles. The number of aliphatic hydroxyl groups is 1. The highest BCUT2D eigenvalue weighted by Gasteiger charge is 2.39. The summed E-state index contributed by atoms with van der Waals surface area (Å²) in [7, 11) is 0. The first-order valence-corrected chi connectivity index (χ1v) is 12.9. The fourth-order valence-corrected chi connectivity index (χ4v) is 5.78. The molecular weight excluding hydrogens is 509 g/mol. The third kappa shape index (κ3) is 6.93. The molecule has 4 nitrogen and oxygen atoms in total. The molecule has 1 fully saturated rings. The summed E-state index contributed by atoms with van der Waals surface area (Å²) < 4.78 is 21.3. The normalized spacial score (nSPS) is 23.5. The van der Waals surface area contributed by atoms with E-state index in [-0.39, 0.29) is 14.8 Å². The van der Waals surface area contributed by atoms with E-state index >= 15 is 0 Å². The van der Waals surface area contributed by atoms with Crippen LogP contribution in [0.25, 0.3) is 0 Å². The van der Waals surface area contributed by atoms with Crippen LogP contribution in [0.1, 0.15) is 44.2 Å². The van der Waals surface area contributed by atoms with Crippen LogP contribution in [0, 0.1) is 0 Å². The lowest BCUT2D eigenvalue weighted by Crippen LogP contribution is -2.49. The first-order chi connectivity index (χ1) is 14.3. The second kappa shape index (κ2) is 11.3. The van der Waals surface area contributed by atoms with Gasteiger partial charge in [-0.2, -0.15) is 0 Å². The van der Waals surface area contributed by atoms with Gasteiger partial charge in [-0.15, -0.1) is 4.31 Å². The molecule has 0 bridgehead atoms. The van der Waals surface area contributed by atoms with Crippen LogP contribution < -0.4 is 0 Å². The average molecular weight is 541 g/mol. The third-order valence-corrected chi connectivity index (χ3v) is 8.72. The third-order valence-electron chi connectivity index (χ3n) is 5.58. The number of hydrogen-bond donors (Lipinski definition) is 1. The molecule has 0 amide bonds. The first-order valence-electron chi connectivity index (χ1n) is 10.6. The molecular formula is C24H32INO3S. The van der Waals surface area contributed by atoms with Gasteiger partial charge in [0.05, 0.1) is 23.1 Å². The number of halogens is 1. The molecule has 0 radical (unpaired) electrons. The molecule has 0 aromatic heterocycles. The first kappa shape index (κ1) is 24.0. The van der Waals surface area contributed by atoms with Gasteiger partial charge in [-0.25, -0.2) is 0 Å². The molecule has 30 heavy (non-hydrogen) atoms. The van der Waals surface area contributed by atoms with Gasteiger partial charge in [-0.05, 0) is 44.2 Å². The highest BCUT2D eigenvalue weighted by Crippen LogP contribution is 2.31. The molecule has 0 aliphatic carbocycles. The molecule has 0 spiro atoms. The minimum atomic E-state index is -1.19. The van der Waals surface area contributed by atoms with Crippen LogP contribution in [0.15, 0.2) is 60.7 Å². The summed E-state index contributed by atoms with van der Waals surface area (Å²) in [6.45, 7) is 5.32. The standard InChI is InChI=1S/C24H32INO3S/c1-24(2,16-15-19-9-5-3-6-10-19)30(28)26(17-20-11-7-4-8-12-20)18-21-13-14-22(25)23(27)29-21/h3-12,21-23,27H,13-18H2,1-2H3/t21-,22?,23?,30?/m0/s1. The van der Waals surface area contributed by atoms with Crippen molar-refractivity contribution in [2.24, 2.45) is 0 Å². The van der Waals surface area contributed by atoms with Crippen LogP contribution in [0.3, 0.4) is 0 Å². The van der Waals surface area contributed by atoms with Crippen LogP contribution >= 0.6 is 22.6 Å². The van der Waals surface area contributed by atoms with E-state index in [4.69, 9.17) is 4.74 Å². The molecule has 1 aliphatic heterocycles. The van der Waals surface area contributed by atoms with Gasteiger partial charge in [0, 0.05) is 17.8 Å². The van der Waals surface area contributed by atoms with E-state index in [1.165, 1.54) is 5.56 Å². The van der Waals surface area contributed by atoms with Crippen LogP contribution in [0.4, 0.5) is 0 Å². The number of benzene rings is 2. The van der Waals surface area contributed by atoms with Gasteiger partial charge in [-0.3, -0.25) is 0 Å². The van der Waals surface area contributed by atoms with Gasteiger partial charge in [0.15, 0.2) is 6.29 Å². The molecule has 6 heteroatoms. The Kier molecular flexibility index (Phi) is 9.04. The summed E-state index contributed by atoms with van der Waals surface area (Å²) in [5.74, 6) is 0. The summed E-state index contributed by atoms with van der Waals surface area (Å²) >= 11 is 1.05. The average Bonchev–Trinajstić information content (AvgIpc) is 2.75. The highest BCUT2D eigenvalue weighted by molar-refractivity contribution is 14.1. The topological polar surface area (TPSA) is 55.8 Å². The molecule has 1 saturated heterocycles. The van der Waals surface area contributed by atoms with E-state index in [1.54, 1.807) is 0 Å². The lowest BCUT2D eigenvalue weighted by atomic mass is 10.0. The molecule has 3 unspecified atom stereocenters. The van der Waals surface area contributed by atoms with E-state index < -0.39 is 17.7 Å². The van der Waals surface area contributed by atoms with Gasteiger partial charge in [0.1, 0.15) is 4.75 Å². The van der Waals surface area contributed by atoms with Gasteiger partial charge in [0.2, 0.25) is 0 Å². The maximum absolute atomic E-state index is 13.7. The Morgan fingerprint density at radius 2 is 1.67 bits per heavy atom. The predicted octanol–water partition coefficient (Wildman–Crippen LogP) is 4.86. The second-order valence-electron chi connectivity index (χ2n) is 8.54. The smallest absolute Gasteiger partial charge is 0.166 e. The van der Waals surface area contributed by atoms with E-state index in [1.807, 2.05) is 40.7 Å². The largest absolute Gasteiger partial charge is 0.597 e. The molecule has 1 heterocycles. The lowest BCUT2D eigenvalue weighted by molar-refractivity contribution is -0.157. The Bertz CT molecular complexity index is 762. The molecule has 3 rings (SSSR count). The van der Waals surface area contributed by atoms with Gasteiger partial charge < -0.3 is 14.4 Å². The van der Waals surface area contributed by atoms with Crippen molar-refractivity contribution in [1.29, 1.82) is 0 Å². The molecule has 1 N–H and O–H groups in total. The zero-order valence-electron chi connectivity index (χ0n) is 17.7. The molecule has 164 valence electrons. The van der Waals surface area contributed by atoms with Crippen LogP contribution in [-0.2, 0) is 29.1 Å². The summed E-state index contributed by atoms with van der Waals surface area (Å²) in [5, 5.41) is 10.1. The monoisotopic (exact) mass is 541 g/mol. The number of alkyl halides is 1. The maximum Gasteiger partial charge on any atom is 0.166 e. The van der Waals surface area contributed by atoms with E-state index in [9.17, 15) is 9.66 Å². The Hall–Kier alpha value is -0.640. The van der Waals surface area contributed by atoms with Crippen molar-refractivity contribution in [2.75, 3.05) is 6.54 Å². The fraction of sp³-hybridized carbons (Fsp3) is 0.500. The number of aryl methyl sites for hydroxylation is 1. The molecule has 4 atom stereocenters. The van der Waals surface area contributed by atoms with Crippen molar-refractivity contribution in [1.82, 2.24) is 4.31 Å². The van der Waals surface area contributed by atoms with Crippen molar-refractivity contribution in [3.05, 3.63) is 71.8 Å². The molecule has 2 aromatic rings.